The molecule has 0 radical (unpaired) electrons. The van der Waals surface area contributed by atoms with Crippen molar-refractivity contribution in [2.45, 2.75) is 25.3 Å². The Labute approximate surface area is 90.5 Å². The van der Waals surface area contributed by atoms with Gasteiger partial charge in [0.05, 0.1) is 0 Å². The molecule has 82 valence electrons. The minimum absolute atomic E-state index is 0.511. The number of hydrogen-bond acceptors (Lipinski definition) is 4. The highest BCUT2D eigenvalue weighted by atomic mass is 15.1. The molecule has 4 nitrogen and oxygen atoms in total. The van der Waals surface area contributed by atoms with Gasteiger partial charge in [-0.1, -0.05) is 0 Å². The Morgan fingerprint density at radius 2 is 2.20 bits per heavy atom. The van der Waals surface area contributed by atoms with Crippen LogP contribution < -0.4 is 5.73 Å². The maximum Gasteiger partial charge on any atom is 0.129 e. The van der Waals surface area contributed by atoms with E-state index in [4.69, 9.17) is 5.73 Å². The van der Waals surface area contributed by atoms with E-state index in [2.05, 4.69) is 21.9 Å². The van der Waals surface area contributed by atoms with E-state index in [1.165, 1.54) is 24.9 Å². The summed E-state index contributed by atoms with van der Waals surface area (Å²) in [7, 11) is 2.16. The van der Waals surface area contributed by atoms with Crippen LogP contribution >= 0.6 is 0 Å². The molecule has 2 rings (SSSR count). The van der Waals surface area contributed by atoms with Crippen molar-refractivity contribution in [3.05, 3.63) is 23.8 Å². The summed E-state index contributed by atoms with van der Waals surface area (Å²) in [5, 5.41) is 0. The molecule has 0 amide bonds. The van der Waals surface area contributed by atoms with Crippen molar-refractivity contribution < 1.29 is 0 Å². The lowest BCUT2D eigenvalue weighted by molar-refractivity contribution is 0.316. The van der Waals surface area contributed by atoms with E-state index in [-0.39, 0.29) is 0 Å². The van der Waals surface area contributed by atoms with Crippen molar-refractivity contribution in [3.8, 4) is 0 Å². The summed E-state index contributed by atoms with van der Waals surface area (Å²) >= 11 is 0. The maximum absolute atomic E-state index is 5.45. The number of rotatable bonds is 3. The second-order valence-corrected chi connectivity index (χ2v) is 4.11. The molecule has 0 spiro atoms. The zero-order valence-electron chi connectivity index (χ0n) is 9.19. The van der Waals surface area contributed by atoms with Gasteiger partial charge in [-0.2, -0.15) is 0 Å². The second-order valence-electron chi connectivity index (χ2n) is 4.11. The van der Waals surface area contributed by atoms with Gasteiger partial charge < -0.3 is 5.73 Å². The Balaban J connectivity index is 2.09. The highest BCUT2D eigenvalue weighted by Crippen LogP contribution is 2.29. The third-order valence-corrected chi connectivity index (χ3v) is 3.00. The van der Waals surface area contributed by atoms with Crippen LogP contribution in [0.3, 0.4) is 0 Å². The fourth-order valence-electron chi connectivity index (χ4n) is 2.13. The fraction of sp³-hybridized carbons (Fsp3) is 0.636. The first-order chi connectivity index (χ1) is 7.31. The number of hydrogen-bond donors (Lipinski definition) is 1. The van der Waals surface area contributed by atoms with Gasteiger partial charge in [-0.15, -0.1) is 0 Å². The predicted molar refractivity (Wildman–Crippen MR) is 59.4 cm³/mol. The van der Waals surface area contributed by atoms with Crippen LogP contribution in [0, 0.1) is 0 Å². The lowest BCUT2D eigenvalue weighted by atomic mass is 10.1. The van der Waals surface area contributed by atoms with Crippen molar-refractivity contribution >= 4 is 0 Å². The highest BCUT2D eigenvalue weighted by Gasteiger charge is 2.22. The van der Waals surface area contributed by atoms with E-state index >= 15 is 0 Å². The highest BCUT2D eigenvalue weighted by molar-refractivity contribution is 5.12. The Morgan fingerprint density at radius 1 is 1.47 bits per heavy atom. The minimum Gasteiger partial charge on any atom is -0.330 e. The molecule has 0 aliphatic carbocycles. The summed E-state index contributed by atoms with van der Waals surface area (Å²) in [4.78, 5) is 11.0. The van der Waals surface area contributed by atoms with E-state index in [1.807, 2.05) is 12.4 Å². The van der Waals surface area contributed by atoms with Crippen LogP contribution in [-0.4, -0.2) is 35.0 Å². The van der Waals surface area contributed by atoms with Gasteiger partial charge in [0.25, 0.3) is 0 Å². The van der Waals surface area contributed by atoms with Gasteiger partial charge in [0, 0.05) is 30.4 Å². The molecule has 1 unspecified atom stereocenters. The first-order valence-electron chi connectivity index (χ1n) is 5.52. The third-order valence-electron chi connectivity index (χ3n) is 3.00. The molecule has 1 aliphatic rings. The van der Waals surface area contributed by atoms with Crippen LogP contribution in [0.15, 0.2) is 12.4 Å². The lowest BCUT2D eigenvalue weighted by Gasteiger charge is -2.18. The first-order valence-corrected chi connectivity index (χ1v) is 5.52. The number of aromatic nitrogens is 2. The SMILES string of the molecule is CN1CCCC1c1cnc(CCN)nc1. The van der Waals surface area contributed by atoms with Crippen molar-refractivity contribution in [3.63, 3.8) is 0 Å². The van der Waals surface area contributed by atoms with Crippen molar-refractivity contribution in [2.24, 2.45) is 5.73 Å². The Hall–Kier alpha value is -1.00. The molecule has 1 fully saturated rings. The predicted octanol–water partition coefficient (Wildman–Crippen LogP) is 0.744. The molecule has 1 aromatic heterocycles. The van der Waals surface area contributed by atoms with Crippen molar-refractivity contribution in [1.82, 2.24) is 14.9 Å². The van der Waals surface area contributed by atoms with Crippen LogP contribution in [0.4, 0.5) is 0 Å². The topological polar surface area (TPSA) is 55.0 Å². The third kappa shape index (κ3) is 2.33. The minimum atomic E-state index is 0.511. The molecule has 1 atom stereocenters. The average Bonchev–Trinajstić information content (AvgIpc) is 2.66. The molecule has 1 aromatic rings. The largest absolute Gasteiger partial charge is 0.330 e. The molecule has 15 heavy (non-hydrogen) atoms. The van der Waals surface area contributed by atoms with E-state index in [1.54, 1.807) is 0 Å². The van der Waals surface area contributed by atoms with Crippen molar-refractivity contribution in [1.29, 1.82) is 0 Å². The van der Waals surface area contributed by atoms with Crippen LogP contribution in [0.25, 0.3) is 0 Å². The average molecular weight is 206 g/mol. The number of nitrogens with two attached hydrogens (primary N) is 1. The van der Waals surface area contributed by atoms with Gasteiger partial charge in [-0.3, -0.25) is 4.90 Å². The molecular formula is C11H18N4. The van der Waals surface area contributed by atoms with Gasteiger partial charge >= 0.3 is 0 Å². The van der Waals surface area contributed by atoms with Crippen LogP contribution in [0.2, 0.25) is 0 Å². The van der Waals surface area contributed by atoms with Gasteiger partial charge in [0.2, 0.25) is 0 Å². The van der Waals surface area contributed by atoms with E-state index in [0.29, 0.717) is 12.6 Å². The van der Waals surface area contributed by atoms with Crippen molar-refractivity contribution in [2.75, 3.05) is 20.1 Å². The van der Waals surface area contributed by atoms with Gasteiger partial charge in [-0.25, -0.2) is 9.97 Å². The van der Waals surface area contributed by atoms with Crippen LogP contribution in [0.5, 0.6) is 0 Å². The van der Waals surface area contributed by atoms with Gasteiger partial charge in [0.15, 0.2) is 0 Å². The van der Waals surface area contributed by atoms with E-state index < -0.39 is 0 Å². The molecule has 0 aromatic carbocycles. The molecular weight excluding hydrogens is 188 g/mol. The monoisotopic (exact) mass is 206 g/mol. The molecule has 4 heteroatoms. The van der Waals surface area contributed by atoms with E-state index in [0.717, 1.165) is 12.2 Å². The molecule has 2 heterocycles. The second kappa shape index (κ2) is 4.68. The number of likely N-dealkylation sites (tertiary alicyclic amines) is 1. The zero-order chi connectivity index (χ0) is 10.7. The summed E-state index contributed by atoms with van der Waals surface area (Å²) in [6, 6.07) is 0.511. The molecule has 0 bridgehead atoms. The maximum atomic E-state index is 5.45. The summed E-state index contributed by atoms with van der Waals surface area (Å²) in [5.41, 5.74) is 6.69. The normalized spacial score (nSPS) is 22.1. The Bertz CT molecular complexity index is 309. The molecule has 1 saturated heterocycles. The lowest BCUT2D eigenvalue weighted by Crippen LogP contribution is -2.18. The summed E-state index contributed by atoms with van der Waals surface area (Å²) < 4.78 is 0. The summed E-state index contributed by atoms with van der Waals surface area (Å²) in [6.45, 7) is 1.79. The quantitative estimate of drug-likeness (QED) is 0.792. The van der Waals surface area contributed by atoms with Crippen LogP contribution in [-0.2, 0) is 6.42 Å². The summed E-state index contributed by atoms with van der Waals surface area (Å²) in [5.74, 6) is 0.849. The molecule has 1 aliphatic heterocycles. The Morgan fingerprint density at radius 3 is 2.73 bits per heavy atom. The van der Waals surface area contributed by atoms with Gasteiger partial charge in [0.1, 0.15) is 5.82 Å². The van der Waals surface area contributed by atoms with E-state index in [9.17, 15) is 0 Å². The standard InChI is InChI=1S/C11H18N4/c1-15-6-2-3-10(15)9-7-13-11(4-5-12)14-8-9/h7-8,10H,2-6,12H2,1H3. The molecule has 0 saturated carbocycles. The number of nitrogens with zero attached hydrogens (tertiary/aromatic N) is 3. The molecule has 2 N–H and O–H groups in total. The first kappa shape index (κ1) is 10.5. The Kier molecular flexibility index (Phi) is 3.28. The van der Waals surface area contributed by atoms with Crippen LogP contribution in [0.1, 0.15) is 30.3 Å². The smallest absolute Gasteiger partial charge is 0.129 e. The fourth-order valence-corrected chi connectivity index (χ4v) is 2.13. The summed E-state index contributed by atoms with van der Waals surface area (Å²) in [6.07, 6.45) is 7.15. The zero-order valence-corrected chi connectivity index (χ0v) is 9.19. The van der Waals surface area contributed by atoms with Gasteiger partial charge in [-0.05, 0) is 33.0 Å².